The van der Waals surface area contributed by atoms with Gasteiger partial charge in [0.05, 0.1) is 0 Å². The van der Waals surface area contributed by atoms with Crippen molar-refractivity contribution in [3.63, 3.8) is 0 Å². The normalized spacial score (nSPS) is 12.9. The van der Waals surface area contributed by atoms with E-state index in [0.717, 1.165) is 38.6 Å². The number of nitrogens with zero attached hydrogens (tertiary/aromatic N) is 3. The summed E-state index contributed by atoms with van der Waals surface area (Å²) in [5.74, 6) is 1.10. The maximum absolute atomic E-state index is 12.5. The van der Waals surface area contributed by atoms with Crippen LogP contribution in [0.25, 0.3) is 0 Å². The number of rotatable bonds is 7. The first-order valence-electron chi connectivity index (χ1n) is 10.0. The Balaban J connectivity index is 0.00000300. The minimum atomic E-state index is 0. The lowest BCUT2D eigenvalue weighted by Crippen LogP contribution is -2.38. The molecule has 0 aromatic heterocycles. The van der Waals surface area contributed by atoms with Gasteiger partial charge in [0.25, 0.3) is 0 Å². The lowest BCUT2D eigenvalue weighted by Gasteiger charge is -2.22. The molecule has 1 N–H and O–H groups in total. The van der Waals surface area contributed by atoms with Crippen molar-refractivity contribution in [2.45, 2.75) is 39.4 Å². The number of guanidine groups is 1. The average molecular weight is 506 g/mol. The molecule has 0 unspecified atom stereocenters. The van der Waals surface area contributed by atoms with Crippen LogP contribution in [0.15, 0.2) is 59.6 Å². The molecular formula is C23H31IN4O. The quantitative estimate of drug-likeness (QED) is 0.267. The SMILES string of the molecule is CCNC(=NCCCC(=O)N1Cc2ccccc2C1)N(C)Cc1ccccc1.I. The van der Waals surface area contributed by atoms with E-state index in [9.17, 15) is 4.79 Å². The Morgan fingerprint density at radius 2 is 1.69 bits per heavy atom. The third kappa shape index (κ3) is 6.73. The molecule has 0 bridgehead atoms. The van der Waals surface area contributed by atoms with Crippen LogP contribution in [0.4, 0.5) is 0 Å². The van der Waals surface area contributed by atoms with E-state index in [2.05, 4.69) is 53.5 Å². The molecule has 0 aliphatic carbocycles. The maximum Gasteiger partial charge on any atom is 0.223 e. The van der Waals surface area contributed by atoms with Gasteiger partial charge in [-0.05, 0) is 30.0 Å². The maximum atomic E-state index is 12.5. The molecular weight excluding hydrogens is 475 g/mol. The molecule has 1 amide bonds. The van der Waals surface area contributed by atoms with Crippen LogP contribution in [-0.2, 0) is 24.4 Å². The highest BCUT2D eigenvalue weighted by atomic mass is 127. The van der Waals surface area contributed by atoms with E-state index >= 15 is 0 Å². The van der Waals surface area contributed by atoms with E-state index in [4.69, 9.17) is 4.99 Å². The molecule has 0 spiro atoms. The lowest BCUT2D eigenvalue weighted by molar-refractivity contribution is -0.131. The van der Waals surface area contributed by atoms with Crippen molar-refractivity contribution in [1.29, 1.82) is 0 Å². The van der Waals surface area contributed by atoms with Crippen LogP contribution in [0.2, 0.25) is 0 Å². The molecule has 1 aliphatic rings. The second-order valence-electron chi connectivity index (χ2n) is 7.20. The fraction of sp³-hybridized carbons (Fsp3) is 0.391. The fourth-order valence-corrected chi connectivity index (χ4v) is 3.48. The second-order valence-corrected chi connectivity index (χ2v) is 7.20. The number of amides is 1. The van der Waals surface area contributed by atoms with Gasteiger partial charge in [0.1, 0.15) is 0 Å². The number of carbonyl (C=O) groups is 1. The summed E-state index contributed by atoms with van der Waals surface area (Å²) in [6.07, 6.45) is 1.30. The molecule has 2 aromatic carbocycles. The highest BCUT2D eigenvalue weighted by Crippen LogP contribution is 2.22. The highest BCUT2D eigenvalue weighted by molar-refractivity contribution is 14.0. The summed E-state index contributed by atoms with van der Waals surface area (Å²) in [7, 11) is 2.04. The molecule has 5 nitrogen and oxygen atoms in total. The standard InChI is InChI=1S/C23H30N4O.HI/c1-3-24-23(26(2)16-19-10-5-4-6-11-19)25-15-9-14-22(28)27-17-20-12-7-8-13-21(20)18-27;/h4-8,10-13H,3,9,14-18H2,1-2H3,(H,24,25);1H. The smallest absolute Gasteiger partial charge is 0.223 e. The third-order valence-electron chi connectivity index (χ3n) is 4.96. The monoisotopic (exact) mass is 506 g/mol. The van der Waals surface area contributed by atoms with E-state index in [1.54, 1.807) is 0 Å². The fourth-order valence-electron chi connectivity index (χ4n) is 3.48. The molecule has 156 valence electrons. The summed E-state index contributed by atoms with van der Waals surface area (Å²) in [6.45, 7) is 5.82. The van der Waals surface area contributed by atoms with Gasteiger partial charge in [0.2, 0.25) is 5.91 Å². The van der Waals surface area contributed by atoms with Gasteiger partial charge in [-0.3, -0.25) is 9.79 Å². The van der Waals surface area contributed by atoms with Crippen molar-refractivity contribution in [3.8, 4) is 0 Å². The lowest BCUT2D eigenvalue weighted by atomic mass is 10.1. The minimum absolute atomic E-state index is 0. The number of fused-ring (bicyclic) bond motifs is 1. The summed E-state index contributed by atoms with van der Waals surface area (Å²) >= 11 is 0. The summed E-state index contributed by atoms with van der Waals surface area (Å²) in [4.78, 5) is 21.3. The molecule has 6 heteroatoms. The van der Waals surface area contributed by atoms with Gasteiger partial charge < -0.3 is 15.1 Å². The first-order chi connectivity index (χ1) is 13.7. The molecule has 0 saturated heterocycles. The third-order valence-corrected chi connectivity index (χ3v) is 4.96. The Morgan fingerprint density at radius 3 is 2.31 bits per heavy atom. The number of aliphatic imine (C=N–C) groups is 1. The zero-order chi connectivity index (χ0) is 19.8. The van der Waals surface area contributed by atoms with Crippen molar-refractivity contribution in [2.75, 3.05) is 20.1 Å². The Kier molecular flexibility index (Phi) is 9.44. The van der Waals surface area contributed by atoms with Gasteiger partial charge in [-0.25, -0.2) is 0 Å². The summed E-state index contributed by atoms with van der Waals surface area (Å²) in [6, 6.07) is 18.7. The number of hydrogen-bond acceptors (Lipinski definition) is 2. The van der Waals surface area contributed by atoms with E-state index in [0.29, 0.717) is 13.0 Å². The number of halogens is 1. The molecule has 3 rings (SSSR count). The highest BCUT2D eigenvalue weighted by Gasteiger charge is 2.22. The Bertz CT molecular complexity index is 785. The van der Waals surface area contributed by atoms with Crippen molar-refractivity contribution in [2.24, 2.45) is 4.99 Å². The zero-order valence-electron chi connectivity index (χ0n) is 17.3. The molecule has 0 fully saturated rings. The van der Waals surface area contributed by atoms with E-state index < -0.39 is 0 Å². The van der Waals surface area contributed by atoms with Gasteiger partial charge in [0, 0.05) is 46.2 Å². The first kappa shape index (κ1) is 23.2. The second kappa shape index (κ2) is 11.8. The van der Waals surface area contributed by atoms with Crippen LogP contribution in [0.1, 0.15) is 36.5 Å². The first-order valence-corrected chi connectivity index (χ1v) is 10.0. The van der Waals surface area contributed by atoms with Crippen LogP contribution in [0, 0.1) is 0 Å². The average Bonchev–Trinajstić information content (AvgIpc) is 3.15. The largest absolute Gasteiger partial charge is 0.357 e. The number of hydrogen-bond donors (Lipinski definition) is 1. The Hall–Kier alpha value is -2.09. The molecule has 29 heavy (non-hydrogen) atoms. The Morgan fingerprint density at radius 1 is 1.07 bits per heavy atom. The van der Waals surface area contributed by atoms with Gasteiger partial charge in [-0.2, -0.15) is 0 Å². The van der Waals surface area contributed by atoms with Crippen LogP contribution in [0.3, 0.4) is 0 Å². The van der Waals surface area contributed by atoms with Crippen molar-refractivity contribution < 1.29 is 4.79 Å². The molecule has 1 heterocycles. The van der Waals surface area contributed by atoms with Gasteiger partial charge in [-0.1, -0.05) is 54.6 Å². The molecule has 0 saturated carbocycles. The van der Waals surface area contributed by atoms with Crippen molar-refractivity contribution in [1.82, 2.24) is 15.1 Å². The number of carbonyl (C=O) groups excluding carboxylic acids is 1. The predicted octanol–water partition coefficient (Wildman–Crippen LogP) is 4.02. The summed E-state index contributed by atoms with van der Waals surface area (Å²) < 4.78 is 0. The van der Waals surface area contributed by atoms with Gasteiger partial charge >= 0.3 is 0 Å². The van der Waals surface area contributed by atoms with Crippen LogP contribution < -0.4 is 5.32 Å². The van der Waals surface area contributed by atoms with Crippen LogP contribution >= 0.6 is 24.0 Å². The molecule has 0 radical (unpaired) electrons. The number of benzene rings is 2. The molecule has 1 aliphatic heterocycles. The van der Waals surface area contributed by atoms with Crippen LogP contribution in [-0.4, -0.2) is 41.8 Å². The molecule has 2 aromatic rings. The van der Waals surface area contributed by atoms with Crippen molar-refractivity contribution >= 4 is 35.8 Å². The van der Waals surface area contributed by atoms with Gasteiger partial charge in [0.15, 0.2) is 5.96 Å². The van der Waals surface area contributed by atoms with Crippen molar-refractivity contribution in [3.05, 3.63) is 71.3 Å². The summed E-state index contributed by atoms with van der Waals surface area (Å²) in [5.41, 5.74) is 3.79. The van der Waals surface area contributed by atoms with E-state index in [-0.39, 0.29) is 29.9 Å². The number of nitrogens with one attached hydrogen (secondary N) is 1. The minimum Gasteiger partial charge on any atom is -0.357 e. The van der Waals surface area contributed by atoms with Gasteiger partial charge in [-0.15, -0.1) is 24.0 Å². The van der Waals surface area contributed by atoms with Crippen LogP contribution in [0.5, 0.6) is 0 Å². The summed E-state index contributed by atoms with van der Waals surface area (Å²) in [5, 5.41) is 3.34. The van der Waals surface area contributed by atoms with E-state index in [1.807, 2.05) is 30.1 Å². The predicted molar refractivity (Wildman–Crippen MR) is 129 cm³/mol. The molecule has 0 atom stereocenters. The topological polar surface area (TPSA) is 47.9 Å². The zero-order valence-corrected chi connectivity index (χ0v) is 19.6. The Labute approximate surface area is 191 Å². The van der Waals surface area contributed by atoms with E-state index in [1.165, 1.54) is 16.7 Å².